The van der Waals surface area contributed by atoms with E-state index in [-0.39, 0.29) is 11.7 Å². The first-order chi connectivity index (χ1) is 10.7. The van der Waals surface area contributed by atoms with Crippen LogP contribution in [-0.4, -0.2) is 35.8 Å². The maximum atomic E-state index is 12.6. The first-order valence-electron chi connectivity index (χ1n) is 7.73. The number of piperidine rings is 1. The first kappa shape index (κ1) is 14.7. The molecule has 0 amide bonds. The fourth-order valence-electron chi connectivity index (χ4n) is 2.84. The Bertz CT molecular complexity index is 634. The standard InChI is InChI=1S/C18H21N3O/c1-21-11-8-14(9-12-21)18(22)15-5-4-6-16(13-15)20-17-7-2-3-10-19-17/h2-7,10,13-14H,8-9,11-12H2,1H3,(H,19,20). The predicted molar refractivity (Wildman–Crippen MR) is 88.5 cm³/mol. The number of pyridine rings is 1. The number of carbonyl (C=O) groups is 1. The van der Waals surface area contributed by atoms with Gasteiger partial charge >= 0.3 is 0 Å². The summed E-state index contributed by atoms with van der Waals surface area (Å²) >= 11 is 0. The lowest BCUT2D eigenvalue weighted by atomic mass is 9.89. The molecule has 1 aromatic heterocycles. The van der Waals surface area contributed by atoms with Crippen molar-refractivity contribution in [3.05, 3.63) is 54.2 Å². The van der Waals surface area contributed by atoms with Crippen LogP contribution in [-0.2, 0) is 0 Å². The van der Waals surface area contributed by atoms with Crippen LogP contribution in [0.1, 0.15) is 23.2 Å². The molecule has 1 N–H and O–H groups in total. The molecule has 114 valence electrons. The molecule has 4 heteroatoms. The zero-order valence-electron chi connectivity index (χ0n) is 12.8. The van der Waals surface area contributed by atoms with E-state index in [0.717, 1.165) is 43.0 Å². The minimum absolute atomic E-state index is 0.154. The van der Waals surface area contributed by atoms with Crippen LogP contribution >= 0.6 is 0 Å². The summed E-state index contributed by atoms with van der Waals surface area (Å²) in [5.41, 5.74) is 1.69. The second-order valence-electron chi connectivity index (χ2n) is 5.86. The summed E-state index contributed by atoms with van der Waals surface area (Å²) < 4.78 is 0. The summed E-state index contributed by atoms with van der Waals surface area (Å²) in [6, 6.07) is 13.4. The van der Waals surface area contributed by atoms with Crippen molar-refractivity contribution in [2.24, 2.45) is 5.92 Å². The van der Waals surface area contributed by atoms with E-state index in [1.807, 2.05) is 42.5 Å². The average Bonchev–Trinajstić information content (AvgIpc) is 2.56. The third-order valence-corrected chi connectivity index (χ3v) is 4.17. The molecule has 1 saturated heterocycles. The molecule has 4 nitrogen and oxygen atoms in total. The summed E-state index contributed by atoms with van der Waals surface area (Å²) in [7, 11) is 2.11. The average molecular weight is 295 g/mol. The molecule has 3 rings (SSSR count). The number of hydrogen-bond acceptors (Lipinski definition) is 4. The second kappa shape index (κ2) is 6.71. The van der Waals surface area contributed by atoms with Crippen LogP contribution in [0.4, 0.5) is 11.5 Å². The topological polar surface area (TPSA) is 45.2 Å². The summed E-state index contributed by atoms with van der Waals surface area (Å²) in [5, 5.41) is 3.24. The van der Waals surface area contributed by atoms with Crippen LogP contribution in [0.2, 0.25) is 0 Å². The SMILES string of the molecule is CN1CCC(C(=O)c2cccc(Nc3ccccn3)c2)CC1. The molecule has 2 aromatic rings. The monoisotopic (exact) mass is 295 g/mol. The molecular weight excluding hydrogens is 274 g/mol. The summed E-state index contributed by atoms with van der Waals surface area (Å²) in [6.45, 7) is 2.00. The van der Waals surface area contributed by atoms with Crippen molar-refractivity contribution in [2.75, 3.05) is 25.5 Å². The van der Waals surface area contributed by atoms with Gasteiger partial charge in [0.05, 0.1) is 0 Å². The molecular formula is C18H21N3O. The van der Waals surface area contributed by atoms with E-state index in [1.165, 1.54) is 0 Å². The zero-order chi connectivity index (χ0) is 15.4. The Labute approximate surface area is 131 Å². The molecule has 1 aromatic carbocycles. The Morgan fingerprint density at radius 2 is 2.00 bits per heavy atom. The van der Waals surface area contributed by atoms with Crippen LogP contribution in [0.5, 0.6) is 0 Å². The fraction of sp³-hybridized carbons (Fsp3) is 0.333. The van der Waals surface area contributed by atoms with Crippen molar-refractivity contribution >= 4 is 17.3 Å². The molecule has 0 unspecified atom stereocenters. The van der Waals surface area contributed by atoms with Crippen molar-refractivity contribution in [1.82, 2.24) is 9.88 Å². The van der Waals surface area contributed by atoms with Gasteiger partial charge in [-0.05, 0) is 57.2 Å². The third-order valence-electron chi connectivity index (χ3n) is 4.17. The summed E-state index contributed by atoms with van der Waals surface area (Å²) in [5.74, 6) is 1.20. The molecule has 1 aliphatic rings. The van der Waals surface area contributed by atoms with Gasteiger partial charge in [0.15, 0.2) is 5.78 Å². The van der Waals surface area contributed by atoms with Crippen LogP contribution in [0.3, 0.4) is 0 Å². The maximum absolute atomic E-state index is 12.6. The van der Waals surface area contributed by atoms with Crippen LogP contribution in [0.25, 0.3) is 0 Å². The van der Waals surface area contributed by atoms with Crippen LogP contribution < -0.4 is 5.32 Å². The lowest BCUT2D eigenvalue weighted by molar-refractivity contribution is 0.0857. The van der Waals surface area contributed by atoms with Gasteiger partial charge in [-0.25, -0.2) is 4.98 Å². The molecule has 0 radical (unpaired) electrons. The first-order valence-corrected chi connectivity index (χ1v) is 7.73. The van der Waals surface area contributed by atoms with Crippen molar-refractivity contribution < 1.29 is 4.79 Å². The van der Waals surface area contributed by atoms with Gasteiger partial charge < -0.3 is 10.2 Å². The maximum Gasteiger partial charge on any atom is 0.166 e. The number of Topliss-reactive ketones (excluding diaryl/α,β-unsaturated/α-hetero) is 1. The predicted octanol–water partition coefficient (Wildman–Crippen LogP) is 3.35. The van der Waals surface area contributed by atoms with E-state index in [1.54, 1.807) is 6.20 Å². The molecule has 2 heterocycles. The normalized spacial score (nSPS) is 16.4. The Kier molecular flexibility index (Phi) is 4.49. The molecule has 22 heavy (non-hydrogen) atoms. The van der Waals surface area contributed by atoms with Crippen LogP contribution in [0, 0.1) is 5.92 Å². The van der Waals surface area contributed by atoms with Gasteiger partial charge in [-0.15, -0.1) is 0 Å². The highest BCUT2D eigenvalue weighted by Crippen LogP contribution is 2.23. The highest BCUT2D eigenvalue weighted by Gasteiger charge is 2.24. The van der Waals surface area contributed by atoms with Gasteiger partial charge in [0.2, 0.25) is 0 Å². The van der Waals surface area contributed by atoms with Gasteiger partial charge in [-0.2, -0.15) is 0 Å². The quantitative estimate of drug-likeness (QED) is 0.879. The number of nitrogens with zero attached hydrogens (tertiary/aromatic N) is 2. The van der Waals surface area contributed by atoms with Crippen molar-refractivity contribution in [3.63, 3.8) is 0 Å². The molecule has 0 bridgehead atoms. The molecule has 0 atom stereocenters. The summed E-state index contributed by atoms with van der Waals surface area (Å²) in [6.07, 6.45) is 3.65. The van der Waals surface area contributed by atoms with E-state index in [4.69, 9.17) is 0 Å². The number of rotatable bonds is 4. The minimum atomic E-state index is 0.154. The van der Waals surface area contributed by atoms with Crippen molar-refractivity contribution in [3.8, 4) is 0 Å². The Hall–Kier alpha value is -2.20. The van der Waals surface area contributed by atoms with Gasteiger partial charge in [-0.1, -0.05) is 18.2 Å². The highest BCUT2D eigenvalue weighted by molar-refractivity contribution is 5.98. The highest BCUT2D eigenvalue weighted by atomic mass is 16.1. The van der Waals surface area contributed by atoms with E-state index in [9.17, 15) is 4.79 Å². The Morgan fingerprint density at radius 3 is 2.73 bits per heavy atom. The van der Waals surface area contributed by atoms with Crippen LogP contribution in [0.15, 0.2) is 48.7 Å². The number of anilines is 2. The number of aromatic nitrogens is 1. The zero-order valence-corrected chi connectivity index (χ0v) is 12.8. The van der Waals surface area contributed by atoms with E-state index >= 15 is 0 Å². The molecule has 0 aliphatic carbocycles. The smallest absolute Gasteiger partial charge is 0.166 e. The Morgan fingerprint density at radius 1 is 1.18 bits per heavy atom. The Balaban J connectivity index is 1.72. The number of ketones is 1. The van der Waals surface area contributed by atoms with E-state index in [2.05, 4.69) is 22.2 Å². The molecule has 0 saturated carbocycles. The van der Waals surface area contributed by atoms with E-state index in [0.29, 0.717) is 0 Å². The lowest BCUT2D eigenvalue weighted by Crippen LogP contribution is -2.33. The fourth-order valence-corrected chi connectivity index (χ4v) is 2.84. The van der Waals surface area contributed by atoms with E-state index < -0.39 is 0 Å². The van der Waals surface area contributed by atoms with Gasteiger partial charge in [-0.3, -0.25) is 4.79 Å². The number of benzene rings is 1. The number of carbonyl (C=O) groups excluding carboxylic acids is 1. The van der Waals surface area contributed by atoms with Gasteiger partial charge in [0.1, 0.15) is 5.82 Å². The number of nitrogens with one attached hydrogen (secondary N) is 1. The van der Waals surface area contributed by atoms with Crippen molar-refractivity contribution in [2.45, 2.75) is 12.8 Å². The molecule has 1 aliphatic heterocycles. The lowest BCUT2D eigenvalue weighted by Gasteiger charge is -2.28. The summed E-state index contributed by atoms with van der Waals surface area (Å²) in [4.78, 5) is 19.2. The number of likely N-dealkylation sites (tertiary alicyclic amines) is 1. The molecule has 0 spiro atoms. The van der Waals surface area contributed by atoms with Gasteiger partial charge in [0, 0.05) is 23.4 Å². The largest absolute Gasteiger partial charge is 0.340 e. The molecule has 1 fully saturated rings. The second-order valence-corrected chi connectivity index (χ2v) is 5.86. The number of hydrogen-bond donors (Lipinski definition) is 1. The minimum Gasteiger partial charge on any atom is -0.340 e. The van der Waals surface area contributed by atoms with Crippen molar-refractivity contribution in [1.29, 1.82) is 0 Å². The van der Waals surface area contributed by atoms with Gasteiger partial charge in [0.25, 0.3) is 0 Å². The third kappa shape index (κ3) is 3.52.